The predicted octanol–water partition coefficient (Wildman–Crippen LogP) is 2.95. The summed E-state index contributed by atoms with van der Waals surface area (Å²) in [7, 11) is 0. The first-order chi connectivity index (χ1) is 10.1. The Balaban J connectivity index is 1.85. The molecular formula is C15H13ClN2O3. The lowest BCUT2D eigenvalue weighted by Gasteiger charge is -2.19. The highest BCUT2D eigenvalue weighted by atomic mass is 35.5. The average molecular weight is 305 g/mol. The molecular weight excluding hydrogens is 292 g/mol. The molecule has 2 aromatic rings. The summed E-state index contributed by atoms with van der Waals surface area (Å²) < 4.78 is 10.9. The molecule has 1 aliphatic heterocycles. The van der Waals surface area contributed by atoms with Crippen molar-refractivity contribution in [1.29, 1.82) is 0 Å². The van der Waals surface area contributed by atoms with E-state index in [9.17, 15) is 4.79 Å². The Morgan fingerprint density at radius 1 is 1.14 bits per heavy atom. The topological polar surface area (TPSA) is 73.6 Å². The van der Waals surface area contributed by atoms with E-state index in [1.165, 1.54) is 0 Å². The summed E-state index contributed by atoms with van der Waals surface area (Å²) in [4.78, 5) is 12.3. The summed E-state index contributed by atoms with van der Waals surface area (Å²) in [6, 6.07) is 10.1. The molecule has 3 N–H and O–H groups in total. The Morgan fingerprint density at radius 3 is 2.67 bits per heavy atom. The third kappa shape index (κ3) is 2.73. The molecule has 0 radical (unpaired) electrons. The molecule has 0 saturated carbocycles. The fourth-order valence-electron chi connectivity index (χ4n) is 2.10. The molecule has 1 amide bonds. The minimum Gasteiger partial charge on any atom is -0.486 e. The zero-order valence-electron chi connectivity index (χ0n) is 11.1. The van der Waals surface area contributed by atoms with Crippen molar-refractivity contribution in [3.63, 3.8) is 0 Å². The SMILES string of the molecule is Nc1cccc(Cl)c1C(=O)Nc1ccc2c(c1)OCCO2. The van der Waals surface area contributed by atoms with Crippen LogP contribution in [-0.2, 0) is 0 Å². The molecule has 0 bridgehead atoms. The van der Waals surface area contributed by atoms with Gasteiger partial charge in [0, 0.05) is 17.4 Å². The highest BCUT2D eigenvalue weighted by Gasteiger charge is 2.16. The molecule has 108 valence electrons. The number of ether oxygens (including phenoxy) is 2. The Kier molecular flexibility index (Phi) is 3.58. The van der Waals surface area contributed by atoms with E-state index in [2.05, 4.69) is 5.32 Å². The summed E-state index contributed by atoms with van der Waals surface area (Å²) in [6.07, 6.45) is 0. The van der Waals surface area contributed by atoms with Gasteiger partial charge in [0.05, 0.1) is 10.6 Å². The molecule has 2 aromatic carbocycles. The maximum Gasteiger partial charge on any atom is 0.259 e. The minimum atomic E-state index is -0.366. The Labute approximate surface area is 126 Å². The normalized spacial score (nSPS) is 12.8. The molecule has 0 spiro atoms. The number of anilines is 2. The smallest absolute Gasteiger partial charge is 0.259 e. The molecule has 6 heteroatoms. The van der Waals surface area contributed by atoms with Crippen LogP contribution >= 0.6 is 11.6 Å². The average Bonchev–Trinajstić information content (AvgIpc) is 2.47. The van der Waals surface area contributed by atoms with E-state index >= 15 is 0 Å². The second-order valence-corrected chi connectivity index (χ2v) is 4.92. The molecule has 0 aliphatic carbocycles. The first kappa shape index (κ1) is 13.6. The van der Waals surface area contributed by atoms with Crippen LogP contribution in [0.15, 0.2) is 36.4 Å². The minimum absolute atomic E-state index is 0.258. The van der Waals surface area contributed by atoms with Crippen molar-refractivity contribution in [2.24, 2.45) is 0 Å². The molecule has 0 saturated heterocycles. The van der Waals surface area contributed by atoms with E-state index < -0.39 is 0 Å². The van der Waals surface area contributed by atoms with Crippen LogP contribution in [-0.4, -0.2) is 19.1 Å². The Hall–Kier alpha value is -2.40. The number of nitrogens with two attached hydrogens (primary N) is 1. The van der Waals surface area contributed by atoms with Crippen LogP contribution in [0.25, 0.3) is 0 Å². The molecule has 0 unspecified atom stereocenters. The van der Waals surface area contributed by atoms with Gasteiger partial charge in [-0.05, 0) is 24.3 Å². The van der Waals surface area contributed by atoms with E-state index in [0.717, 1.165) is 0 Å². The van der Waals surface area contributed by atoms with Crippen LogP contribution in [0.1, 0.15) is 10.4 Å². The Bertz CT molecular complexity index is 683. The van der Waals surface area contributed by atoms with Gasteiger partial charge in [0.1, 0.15) is 13.2 Å². The van der Waals surface area contributed by atoms with Crippen LogP contribution in [0.3, 0.4) is 0 Å². The lowest BCUT2D eigenvalue weighted by atomic mass is 10.1. The van der Waals surface area contributed by atoms with Crippen molar-refractivity contribution in [1.82, 2.24) is 0 Å². The highest BCUT2D eigenvalue weighted by Crippen LogP contribution is 2.33. The Morgan fingerprint density at radius 2 is 1.90 bits per heavy atom. The number of carbonyl (C=O) groups excluding carboxylic acids is 1. The summed E-state index contributed by atoms with van der Waals surface area (Å²) in [5.74, 6) is 0.900. The maximum absolute atomic E-state index is 12.3. The summed E-state index contributed by atoms with van der Waals surface area (Å²) in [5.41, 5.74) is 6.97. The molecule has 0 aromatic heterocycles. The lowest BCUT2D eigenvalue weighted by Crippen LogP contribution is -2.17. The maximum atomic E-state index is 12.3. The van der Waals surface area contributed by atoms with Crippen molar-refractivity contribution in [3.05, 3.63) is 47.0 Å². The number of fused-ring (bicyclic) bond motifs is 1. The van der Waals surface area contributed by atoms with Gasteiger partial charge in [-0.25, -0.2) is 0 Å². The van der Waals surface area contributed by atoms with Gasteiger partial charge < -0.3 is 20.5 Å². The van der Waals surface area contributed by atoms with Crippen LogP contribution in [0.2, 0.25) is 5.02 Å². The molecule has 0 fully saturated rings. The number of hydrogen-bond acceptors (Lipinski definition) is 4. The lowest BCUT2D eigenvalue weighted by molar-refractivity contribution is 0.102. The number of nitrogens with one attached hydrogen (secondary N) is 1. The standard InChI is InChI=1S/C15H13ClN2O3/c16-10-2-1-3-11(17)14(10)15(19)18-9-4-5-12-13(8-9)21-7-6-20-12/h1-5,8H,6-7,17H2,(H,18,19). The third-order valence-corrected chi connectivity index (χ3v) is 3.39. The largest absolute Gasteiger partial charge is 0.486 e. The van der Waals surface area contributed by atoms with Crippen LogP contribution in [0, 0.1) is 0 Å². The number of nitrogen functional groups attached to an aromatic ring is 1. The molecule has 1 heterocycles. The fourth-order valence-corrected chi connectivity index (χ4v) is 2.36. The molecule has 21 heavy (non-hydrogen) atoms. The third-order valence-electron chi connectivity index (χ3n) is 3.07. The van der Waals surface area contributed by atoms with Crippen molar-refractivity contribution in [2.75, 3.05) is 24.3 Å². The number of hydrogen-bond donors (Lipinski definition) is 2. The molecule has 1 aliphatic rings. The van der Waals surface area contributed by atoms with Gasteiger partial charge in [-0.1, -0.05) is 17.7 Å². The van der Waals surface area contributed by atoms with Crippen molar-refractivity contribution in [3.8, 4) is 11.5 Å². The first-order valence-corrected chi connectivity index (χ1v) is 6.78. The van der Waals surface area contributed by atoms with E-state index in [1.807, 2.05) is 0 Å². The van der Waals surface area contributed by atoms with Gasteiger partial charge >= 0.3 is 0 Å². The summed E-state index contributed by atoms with van der Waals surface area (Å²) in [5, 5.41) is 3.06. The number of rotatable bonds is 2. The van der Waals surface area contributed by atoms with Crippen LogP contribution in [0.4, 0.5) is 11.4 Å². The van der Waals surface area contributed by atoms with Gasteiger partial charge in [0.15, 0.2) is 11.5 Å². The van der Waals surface area contributed by atoms with E-state index in [1.54, 1.807) is 36.4 Å². The second kappa shape index (κ2) is 5.54. The van der Waals surface area contributed by atoms with Gasteiger partial charge in [-0.15, -0.1) is 0 Å². The van der Waals surface area contributed by atoms with E-state index in [0.29, 0.717) is 41.1 Å². The zero-order chi connectivity index (χ0) is 14.8. The zero-order valence-corrected chi connectivity index (χ0v) is 11.8. The van der Waals surface area contributed by atoms with Crippen molar-refractivity contribution >= 4 is 28.9 Å². The number of halogens is 1. The van der Waals surface area contributed by atoms with Crippen LogP contribution < -0.4 is 20.5 Å². The van der Waals surface area contributed by atoms with Gasteiger partial charge in [-0.2, -0.15) is 0 Å². The number of amides is 1. The van der Waals surface area contributed by atoms with Gasteiger partial charge in [-0.3, -0.25) is 4.79 Å². The van der Waals surface area contributed by atoms with E-state index in [-0.39, 0.29) is 11.5 Å². The molecule has 5 nitrogen and oxygen atoms in total. The fraction of sp³-hybridized carbons (Fsp3) is 0.133. The monoisotopic (exact) mass is 304 g/mol. The van der Waals surface area contributed by atoms with Gasteiger partial charge in [0.2, 0.25) is 0 Å². The summed E-state index contributed by atoms with van der Waals surface area (Å²) in [6.45, 7) is 1.01. The van der Waals surface area contributed by atoms with Crippen molar-refractivity contribution in [2.45, 2.75) is 0 Å². The van der Waals surface area contributed by atoms with Gasteiger partial charge in [0.25, 0.3) is 5.91 Å². The number of benzene rings is 2. The second-order valence-electron chi connectivity index (χ2n) is 4.52. The highest BCUT2D eigenvalue weighted by molar-refractivity contribution is 6.35. The quantitative estimate of drug-likeness (QED) is 0.837. The van der Waals surface area contributed by atoms with E-state index in [4.69, 9.17) is 26.8 Å². The molecule has 0 atom stereocenters. The summed E-state index contributed by atoms with van der Waals surface area (Å²) >= 11 is 6.02. The van der Waals surface area contributed by atoms with Crippen LogP contribution in [0.5, 0.6) is 11.5 Å². The number of carbonyl (C=O) groups is 1. The predicted molar refractivity (Wildman–Crippen MR) is 81.2 cm³/mol. The van der Waals surface area contributed by atoms with Crippen molar-refractivity contribution < 1.29 is 14.3 Å². The molecule has 3 rings (SSSR count). The first-order valence-electron chi connectivity index (χ1n) is 6.40.